The number of piperazine rings is 1. The zero-order valence-electron chi connectivity index (χ0n) is 20.1. The van der Waals surface area contributed by atoms with Gasteiger partial charge in [0.05, 0.1) is 19.7 Å². The third kappa shape index (κ3) is 4.79. The zero-order chi connectivity index (χ0) is 23.5. The maximum Gasteiger partial charge on any atom is 0.231 e. The lowest BCUT2D eigenvalue weighted by Gasteiger charge is -2.40. The summed E-state index contributed by atoms with van der Waals surface area (Å²) >= 11 is 0. The molecule has 180 valence electrons. The van der Waals surface area contributed by atoms with Gasteiger partial charge in [0.15, 0.2) is 17.3 Å². The third-order valence-corrected chi connectivity index (χ3v) is 6.51. The number of rotatable bonds is 8. The molecular weight excluding hydrogens is 432 g/mol. The second-order valence-electron chi connectivity index (χ2n) is 9.25. The zero-order valence-corrected chi connectivity index (χ0v) is 20.1. The minimum Gasteiger partial charge on any atom is -0.497 e. The molecule has 1 fully saturated rings. The van der Waals surface area contributed by atoms with E-state index in [-0.39, 0.29) is 12.8 Å². The van der Waals surface area contributed by atoms with Crippen molar-refractivity contribution in [3.05, 3.63) is 53.9 Å². The van der Waals surface area contributed by atoms with Crippen molar-refractivity contribution in [3.63, 3.8) is 0 Å². The van der Waals surface area contributed by atoms with Crippen LogP contribution in [0.1, 0.15) is 37.7 Å². The summed E-state index contributed by atoms with van der Waals surface area (Å²) in [6.45, 7) is 9.22. The van der Waals surface area contributed by atoms with Crippen LogP contribution < -0.4 is 19.1 Å². The number of ether oxygens (including phenoxy) is 3. The van der Waals surface area contributed by atoms with E-state index in [1.165, 1.54) is 5.69 Å². The molecule has 0 amide bonds. The monoisotopic (exact) mass is 464 g/mol. The van der Waals surface area contributed by atoms with E-state index < -0.39 is 0 Å². The average Bonchev–Trinajstić information content (AvgIpc) is 3.52. The number of methoxy groups -OCH3 is 1. The van der Waals surface area contributed by atoms with E-state index in [0.717, 1.165) is 61.2 Å². The Morgan fingerprint density at radius 1 is 0.971 bits per heavy atom. The van der Waals surface area contributed by atoms with Crippen LogP contribution in [-0.4, -0.2) is 65.2 Å². The lowest BCUT2D eigenvalue weighted by atomic mass is 10.0. The lowest BCUT2D eigenvalue weighted by molar-refractivity contribution is 0.153. The molecule has 1 aromatic heterocycles. The van der Waals surface area contributed by atoms with Crippen molar-refractivity contribution in [2.75, 3.05) is 45.0 Å². The molecule has 2 aromatic carbocycles. The maximum atomic E-state index is 5.54. The molecule has 0 saturated carbocycles. The molecule has 9 nitrogen and oxygen atoms in total. The highest BCUT2D eigenvalue weighted by Gasteiger charge is 2.30. The Morgan fingerprint density at radius 2 is 1.74 bits per heavy atom. The summed E-state index contributed by atoms with van der Waals surface area (Å²) in [7, 11) is 1.70. The molecule has 5 rings (SSSR count). The molecular formula is C25H32N6O3. The summed E-state index contributed by atoms with van der Waals surface area (Å²) in [5.41, 5.74) is 2.32. The highest BCUT2D eigenvalue weighted by Crippen LogP contribution is 2.33. The van der Waals surface area contributed by atoms with Crippen LogP contribution >= 0.6 is 0 Å². The summed E-state index contributed by atoms with van der Waals surface area (Å²) in [5, 5.41) is 12.9. The number of fused-ring (bicyclic) bond motifs is 1. The van der Waals surface area contributed by atoms with Crippen LogP contribution in [0.25, 0.3) is 0 Å². The van der Waals surface area contributed by atoms with Gasteiger partial charge in [0.2, 0.25) is 6.79 Å². The van der Waals surface area contributed by atoms with Gasteiger partial charge in [0.25, 0.3) is 0 Å². The van der Waals surface area contributed by atoms with Gasteiger partial charge in [0.1, 0.15) is 5.75 Å². The van der Waals surface area contributed by atoms with Crippen LogP contribution in [0.5, 0.6) is 17.2 Å². The fraction of sp³-hybridized carbons (Fsp3) is 0.480. The van der Waals surface area contributed by atoms with Gasteiger partial charge in [-0.05, 0) is 64.7 Å². The molecule has 0 aliphatic carbocycles. The van der Waals surface area contributed by atoms with Crippen LogP contribution in [0, 0.1) is 5.92 Å². The highest BCUT2D eigenvalue weighted by molar-refractivity contribution is 5.49. The van der Waals surface area contributed by atoms with E-state index in [2.05, 4.69) is 51.3 Å². The molecule has 3 aromatic rings. The number of nitrogens with zero attached hydrogens (tertiary/aromatic N) is 6. The largest absolute Gasteiger partial charge is 0.497 e. The van der Waals surface area contributed by atoms with Gasteiger partial charge < -0.3 is 19.1 Å². The number of anilines is 1. The van der Waals surface area contributed by atoms with Gasteiger partial charge in [0, 0.05) is 31.9 Å². The minimum atomic E-state index is 0.169. The first-order valence-electron chi connectivity index (χ1n) is 11.9. The van der Waals surface area contributed by atoms with Gasteiger partial charge in [-0.25, -0.2) is 4.68 Å². The van der Waals surface area contributed by atoms with Crippen molar-refractivity contribution in [2.24, 2.45) is 5.92 Å². The first kappa shape index (κ1) is 22.5. The Bertz CT molecular complexity index is 1090. The van der Waals surface area contributed by atoms with Gasteiger partial charge in [-0.15, -0.1) is 5.10 Å². The smallest absolute Gasteiger partial charge is 0.231 e. The van der Waals surface area contributed by atoms with Gasteiger partial charge in [-0.1, -0.05) is 19.9 Å². The topological polar surface area (TPSA) is 77.8 Å². The molecule has 9 heteroatoms. The molecule has 0 N–H and O–H groups in total. The lowest BCUT2D eigenvalue weighted by Crippen LogP contribution is -2.48. The molecule has 1 atom stereocenters. The molecule has 2 aliphatic rings. The van der Waals surface area contributed by atoms with E-state index in [4.69, 9.17) is 14.2 Å². The number of hydrogen-bond acceptors (Lipinski definition) is 8. The number of aromatic nitrogens is 4. The normalized spacial score (nSPS) is 16.8. The Morgan fingerprint density at radius 3 is 2.47 bits per heavy atom. The summed E-state index contributed by atoms with van der Waals surface area (Å²) in [5.74, 6) is 3.90. The van der Waals surface area contributed by atoms with Crippen molar-refractivity contribution in [1.82, 2.24) is 25.1 Å². The Kier molecular flexibility index (Phi) is 6.53. The molecule has 3 heterocycles. The molecule has 34 heavy (non-hydrogen) atoms. The van der Waals surface area contributed by atoms with Crippen molar-refractivity contribution >= 4 is 5.69 Å². The van der Waals surface area contributed by atoms with Gasteiger partial charge >= 0.3 is 0 Å². The van der Waals surface area contributed by atoms with Crippen molar-refractivity contribution in [3.8, 4) is 17.2 Å². The standard InChI is InChI=1S/C25H32N6O3/c1-18(2)14-22(30-12-10-29(11-13-30)20-5-7-21(32-3)8-6-20)25-26-27-28-31(25)16-19-4-9-23-24(15-19)34-17-33-23/h4-9,15,18,22H,10-14,16-17H2,1-3H3/t22-/m0/s1. The van der Waals surface area contributed by atoms with Crippen LogP contribution in [-0.2, 0) is 6.54 Å². The van der Waals surface area contributed by atoms with E-state index in [0.29, 0.717) is 12.5 Å². The second-order valence-corrected chi connectivity index (χ2v) is 9.25. The van der Waals surface area contributed by atoms with Crippen molar-refractivity contribution in [2.45, 2.75) is 32.9 Å². The summed E-state index contributed by atoms with van der Waals surface area (Å²) in [6, 6.07) is 14.5. The predicted octanol–water partition coefficient (Wildman–Crippen LogP) is 3.37. The number of hydrogen-bond donors (Lipinski definition) is 0. The van der Waals surface area contributed by atoms with E-state index in [9.17, 15) is 0 Å². The highest BCUT2D eigenvalue weighted by atomic mass is 16.7. The van der Waals surface area contributed by atoms with Crippen LogP contribution in [0.4, 0.5) is 5.69 Å². The molecule has 0 unspecified atom stereocenters. The molecule has 0 spiro atoms. The van der Waals surface area contributed by atoms with Gasteiger partial charge in [-0.3, -0.25) is 4.90 Å². The molecule has 1 saturated heterocycles. The van der Waals surface area contributed by atoms with Crippen molar-refractivity contribution < 1.29 is 14.2 Å². The minimum absolute atomic E-state index is 0.169. The van der Waals surface area contributed by atoms with E-state index in [1.807, 2.05) is 35.0 Å². The molecule has 0 radical (unpaired) electrons. The molecule has 0 bridgehead atoms. The summed E-state index contributed by atoms with van der Waals surface area (Å²) in [6.07, 6.45) is 1.00. The third-order valence-electron chi connectivity index (χ3n) is 6.51. The van der Waals surface area contributed by atoms with Crippen LogP contribution in [0.3, 0.4) is 0 Å². The molecule has 2 aliphatic heterocycles. The van der Waals surface area contributed by atoms with E-state index in [1.54, 1.807) is 7.11 Å². The quantitative estimate of drug-likeness (QED) is 0.502. The average molecular weight is 465 g/mol. The fourth-order valence-electron chi connectivity index (χ4n) is 4.72. The fourth-order valence-corrected chi connectivity index (χ4v) is 4.72. The number of tetrazole rings is 1. The first-order chi connectivity index (χ1) is 16.6. The Hall–Kier alpha value is -3.33. The Balaban J connectivity index is 1.30. The second kappa shape index (κ2) is 9.89. The Labute approximate surface area is 200 Å². The van der Waals surface area contributed by atoms with Gasteiger partial charge in [-0.2, -0.15) is 0 Å². The van der Waals surface area contributed by atoms with Crippen LogP contribution in [0.2, 0.25) is 0 Å². The maximum absolute atomic E-state index is 5.54. The summed E-state index contributed by atoms with van der Waals surface area (Å²) < 4.78 is 18.2. The first-order valence-corrected chi connectivity index (χ1v) is 11.9. The van der Waals surface area contributed by atoms with Crippen LogP contribution in [0.15, 0.2) is 42.5 Å². The summed E-state index contributed by atoms with van der Waals surface area (Å²) in [4.78, 5) is 4.96. The van der Waals surface area contributed by atoms with Crippen molar-refractivity contribution in [1.29, 1.82) is 0 Å². The van der Waals surface area contributed by atoms with E-state index >= 15 is 0 Å². The predicted molar refractivity (Wildman–Crippen MR) is 128 cm³/mol. The SMILES string of the molecule is COc1ccc(N2CCN([C@@H](CC(C)C)c3nnnn3Cc3ccc4c(c3)OCO4)CC2)cc1. The number of benzene rings is 2.